The molecule has 1 aliphatic rings. The highest BCUT2D eigenvalue weighted by molar-refractivity contribution is 7.88. The molecule has 0 bridgehead atoms. The summed E-state index contributed by atoms with van der Waals surface area (Å²) in [6, 6.07) is 7.38. The van der Waals surface area contributed by atoms with E-state index in [1.165, 1.54) is 34.8 Å². The predicted octanol–water partition coefficient (Wildman–Crippen LogP) is 0.518. The number of carbonyl (C=O) groups excluding carboxylic acids is 1. The molecule has 0 radical (unpaired) electrons. The van der Waals surface area contributed by atoms with E-state index in [2.05, 4.69) is 5.32 Å². The zero-order valence-electron chi connectivity index (χ0n) is 14.0. The molecule has 1 fully saturated rings. The van der Waals surface area contributed by atoms with E-state index in [1.807, 2.05) is 0 Å². The molecule has 26 heavy (non-hydrogen) atoms. The lowest BCUT2D eigenvalue weighted by molar-refractivity contribution is -0.383. The van der Waals surface area contributed by atoms with Gasteiger partial charge >= 0.3 is 0 Å². The normalized spacial score (nSPS) is 16.0. The van der Waals surface area contributed by atoms with E-state index in [0.29, 0.717) is 13.1 Å². The molecule has 1 N–H and O–H groups in total. The summed E-state index contributed by atoms with van der Waals surface area (Å²) in [5.74, 6) is -0.771. The number of piperazine rings is 1. The number of sulfonamides is 1. The summed E-state index contributed by atoms with van der Waals surface area (Å²) in [5.41, 5.74) is -0.513. The number of amides is 1. The van der Waals surface area contributed by atoms with Crippen LogP contribution in [0.1, 0.15) is 0 Å². The fourth-order valence-corrected chi connectivity index (χ4v) is 3.24. The number of hydrogen-bond donors (Lipinski definition) is 1. The Balaban J connectivity index is 2.09. The standard InChI is InChI=1S/C15H17N5O5S/c1-26(24,25)19-8-6-18(7-9-19)11-12(10-16)15(21)17-13-4-2-3-5-14(13)20(22)23/h2-5,11H,6-9H2,1H3,(H,17,21)/b12-11-. The molecule has 1 aliphatic heterocycles. The molecule has 10 nitrogen and oxygen atoms in total. The summed E-state index contributed by atoms with van der Waals surface area (Å²) < 4.78 is 24.3. The zero-order valence-corrected chi connectivity index (χ0v) is 14.8. The van der Waals surface area contributed by atoms with Crippen LogP contribution in [-0.4, -0.2) is 60.9 Å². The van der Waals surface area contributed by atoms with E-state index in [4.69, 9.17) is 0 Å². The number of rotatable bonds is 5. The van der Waals surface area contributed by atoms with Crippen molar-refractivity contribution in [2.24, 2.45) is 0 Å². The van der Waals surface area contributed by atoms with E-state index >= 15 is 0 Å². The molecule has 1 saturated heterocycles. The number of nitro benzene ring substituents is 1. The largest absolute Gasteiger partial charge is 0.373 e. The van der Waals surface area contributed by atoms with E-state index in [0.717, 1.165) is 6.26 Å². The summed E-state index contributed by atoms with van der Waals surface area (Å²) in [5, 5.41) is 22.6. The molecule has 1 heterocycles. The van der Waals surface area contributed by atoms with Gasteiger partial charge in [-0.25, -0.2) is 8.42 Å². The van der Waals surface area contributed by atoms with Gasteiger partial charge < -0.3 is 10.2 Å². The molecule has 0 aliphatic carbocycles. The highest BCUT2D eigenvalue weighted by Crippen LogP contribution is 2.23. The highest BCUT2D eigenvalue weighted by atomic mass is 32.2. The summed E-state index contributed by atoms with van der Waals surface area (Å²) in [6.07, 6.45) is 2.46. The van der Waals surface area contributed by atoms with Gasteiger partial charge in [-0.05, 0) is 6.07 Å². The van der Waals surface area contributed by atoms with Crippen molar-refractivity contribution in [1.29, 1.82) is 5.26 Å². The Bertz CT molecular complexity index is 882. The SMILES string of the molecule is CS(=O)(=O)N1CCN(/C=C(/C#N)C(=O)Nc2ccccc2[N+](=O)[O-])CC1. The third kappa shape index (κ3) is 4.78. The third-order valence-corrected chi connectivity index (χ3v) is 5.07. The van der Waals surface area contributed by atoms with Gasteiger partial charge in [0.05, 0.1) is 11.2 Å². The van der Waals surface area contributed by atoms with Gasteiger partial charge in [-0.3, -0.25) is 14.9 Å². The molecule has 1 aromatic rings. The Labute approximate surface area is 150 Å². The summed E-state index contributed by atoms with van der Waals surface area (Å²) >= 11 is 0. The number of benzene rings is 1. The van der Waals surface area contributed by atoms with Gasteiger partial charge in [0.2, 0.25) is 10.0 Å². The maximum absolute atomic E-state index is 12.3. The minimum absolute atomic E-state index is 0.00875. The second-order valence-electron chi connectivity index (χ2n) is 5.58. The molecule has 138 valence electrons. The number of nitro groups is 1. The van der Waals surface area contributed by atoms with Crippen LogP contribution in [0.25, 0.3) is 0 Å². The molecule has 0 spiro atoms. The third-order valence-electron chi connectivity index (χ3n) is 3.77. The second kappa shape index (κ2) is 7.94. The van der Waals surface area contributed by atoms with Crippen LogP contribution in [-0.2, 0) is 14.8 Å². The Morgan fingerprint density at radius 2 is 1.92 bits per heavy atom. The van der Waals surface area contributed by atoms with Gasteiger partial charge in [0.25, 0.3) is 11.6 Å². The van der Waals surface area contributed by atoms with Crippen molar-refractivity contribution in [3.63, 3.8) is 0 Å². The van der Waals surface area contributed by atoms with E-state index < -0.39 is 20.9 Å². The summed E-state index contributed by atoms with van der Waals surface area (Å²) in [4.78, 5) is 24.3. The van der Waals surface area contributed by atoms with Crippen molar-refractivity contribution in [2.75, 3.05) is 37.8 Å². The number of hydrogen-bond acceptors (Lipinski definition) is 7. The van der Waals surface area contributed by atoms with Crippen LogP contribution in [0.5, 0.6) is 0 Å². The van der Waals surface area contributed by atoms with Crippen LogP contribution < -0.4 is 5.32 Å². The monoisotopic (exact) mass is 379 g/mol. The van der Waals surface area contributed by atoms with Crippen LogP contribution in [0, 0.1) is 21.4 Å². The molecule has 2 rings (SSSR count). The van der Waals surface area contributed by atoms with Gasteiger partial charge in [-0.2, -0.15) is 9.57 Å². The summed E-state index contributed by atoms with van der Waals surface area (Å²) in [7, 11) is -3.28. The topological polar surface area (TPSA) is 137 Å². The first kappa shape index (κ1) is 19.4. The molecule has 0 aromatic heterocycles. The molecular formula is C15H17N5O5S. The minimum Gasteiger partial charge on any atom is -0.373 e. The molecular weight excluding hydrogens is 362 g/mol. The van der Waals surface area contributed by atoms with Crippen LogP contribution in [0.4, 0.5) is 11.4 Å². The highest BCUT2D eigenvalue weighted by Gasteiger charge is 2.23. The van der Waals surface area contributed by atoms with E-state index in [9.17, 15) is 28.6 Å². The van der Waals surface area contributed by atoms with Crippen molar-refractivity contribution in [2.45, 2.75) is 0 Å². The molecule has 1 aromatic carbocycles. The maximum Gasteiger partial charge on any atom is 0.292 e. The molecule has 11 heteroatoms. The van der Waals surface area contributed by atoms with Gasteiger partial charge in [-0.15, -0.1) is 0 Å². The van der Waals surface area contributed by atoms with Gasteiger partial charge in [0.1, 0.15) is 17.3 Å². The first-order valence-corrected chi connectivity index (χ1v) is 9.43. The second-order valence-corrected chi connectivity index (χ2v) is 7.56. The Morgan fingerprint density at radius 3 is 2.46 bits per heavy atom. The van der Waals surface area contributed by atoms with Crippen LogP contribution in [0.3, 0.4) is 0 Å². The first-order valence-electron chi connectivity index (χ1n) is 7.58. The number of nitriles is 1. The smallest absolute Gasteiger partial charge is 0.292 e. The first-order chi connectivity index (χ1) is 12.2. The van der Waals surface area contributed by atoms with Crippen LogP contribution >= 0.6 is 0 Å². The predicted molar refractivity (Wildman–Crippen MR) is 93.4 cm³/mol. The molecule has 0 saturated carbocycles. The average molecular weight is 379 g/mol. The molecule has 0 atom stereocenters. The molecule has 1 amide bonds. The number of nitrogens with one attached hydrogen (secondary N) is 1. The maximum atomic E-state index is 12.3. The van der Waals surface area contributed by atoms with Crippen LogP contribution in [0.2, 0.25) is 0 Å². The number of carbonyl (C=O) groups is 1. The van der Waals surface area contributed by atoms with E-state index in [1.54, 1.807) is 11.0 Å². The van der Waals surface area contributed by atoms with Crippen molar-refractivity contribution in [1.82, 2.24) is 9.21 Å². The Morgan fingerprint density at radius 1 is 1.31 bits per heavy atom. The van der Waals surface area contributed by atoms with E-state index in [-0.39, 0.29) is 30.0 Å². The number of para-hydroxylation sites is 2. The van der Waals surface area contributed by atoms with Crippen molar-refractivity contribution in [3.05, 3.63) is 46.2 Å². The lowest BCUT2D eigenvalue weighted by Gasteiger charge is -2.32. The number of anilines is 1. The fourth-order valence-electron chi connectivity index (χ4n) is 2.41. The van der Waals surface area contributed by atoms with Crippen LogP contribution in [0.15, 0.2) is 36.0 Å². The summed E-state index contributed by atoms with van der Waals surface area (Å²) in [6.45, 7) is 1.16. The van der Waals surface area contributed by atoms with Gasteiger partial charge in [-0.1, -0.05) is 12.1 Å². The Hall–Kier alpha value is -2.97. The van der Waals surface area contributed by atoms with Gasteiger partial charge in [0, 0.05) is 38.4 Å². The van der Waals surface area contributed by atoms with Crippen molar-refractivity contribution in [3.8, 4) is 6.07 Å². The minimum atomic E-state index is -3.28. The lowest BCUT2D eigenvalue weighted by Crippen LogP contribution is -2.46. The van der Waals surface area contributed by atoms with Crippen molar-refractivity contribution >= 4 is 27.3 Å². The van der Waals surface area contributed by atoms with Gasteiger partial charge in [0.15, 0.2) is 0 Å². The fraction of sp³-hybridized carbons (Fsp3) is 0.333. The molecule has 0 unspecified atom stereocenters. The average Bonchev–Trinajstić information content (AvgIpc) is 2.59. The zero-order chi connectivity index (χ0) is 19.3. The van der Waals surface area contributed by atoms with Crippen molar-refractivity contribution < 1.29 is 18.1 Å². The number of nitrogens with zero attached hydrogens (tertiary/aromatic N) is 4. The lowest BCUT2D eigenvalue weighted by atomic mass is 10.2. The Kier molecular flexibility index (Phi) is 5.91. The quantitative estimate of drug-likeness (QED) is 0.341.